The van der Waals surface area contributed by atoms with Gasteiger partial charge in [0.15, 0.2) is 0 Å². The Morgan fingerprint density at radius 3 is 2.16 bits per heavy atom. The van der Waals surface area contributed by atoms with Crippen molar-refractivity contribution in [3.05, 3.63) is 140 Å². The molecule has 214 valence electrons. The monoisotopic (exact) mass is 759 g/mol. The Labute approximate surface area is 274 Å². The number of rotatable bonds is 4. The number of fused-ring (bicyclic) bond motifs is 5. The molecule has 5 nitrogen and oxygen atoms in total. The van der Waals surface area contributed by atoms with E-state index in [1.807, 2.05) is 91.1 Å². The molecule has 0 saturated carbocycles. The number of hydrogen-bond acceptors (Lipinski definition) is 5. The van der Waals surface area contributed by atoms with E-state index in [0.717, 1.165) is 66.8 Å². The Balaban J connectivity index is 0.00000300. The molecular formula is C38H21BN2O3Pt. The van der Waals surface area contributed by atoms with Gasteiger partial charge in [0.2, 0.25) is 12.6 Å². The zero-order chi connectivity index (χ0) is 29.0. The molecule has 0 aliphatic carbocycles. The van der Waals surface area contributed by atoms with E-state index < -0.39 is 0 Å². The largest absolute Gasteiger partial charge is 2.00 e. The second-order valence-corrected chi connectivity index (χ2v) is 10.8. The molecule has 2 aliphatic rings. The third-order valence-electron chi connectivity index (χ3n) is 8.14. The molecule has 45 heavy (non-hydrogen) atoms. The average molecular weight is 759 g/mol. The van der Waals surface area contributed by atoms with Crippen LogP contribution in [0.25, 0.3) is 33.2 Å². The fraction of sp³-hybridized carbons (Fsp3) is 0. The second-order valence-electron chi connectivity index (χ2n) is 10.8. The normalized spacial score (nSPS) is 12.1. The zero-order valence-electron chi connectivity index (χ0n) is 23.6. The summed E-state index contributed by atoms with van der Waals surface area (Å²) in [6.45, 7) is -0.221. The minimum absolute atomic E-state index is 0. The van der Waals surface area contributed by atoms with Crippen molar-refractivity contribution in [2.75, 3.05) is 0 Å². The number of benzene rings is 5. The molecule has 4 heterocycles. The summed E-state index contributed by atoms with van der Waals surface area (Å²) in [5.41, 5.74) is 6.57. The van der Waals surface area contributed by atoms with Crippen molar-refractivity contribution in [3.63, 3.8) is 0 Å². The molecule has 9 rings (SSSR count). The van der Waals surface area contributed by atoms with Gasteiger partial charge >= 0.3 is 21.1 Å². The van der Waals surface area contributed by atoms with Crippen LogP contribution in [-0.4, -0.2) is 16.7 Å². The maximum Gasteiger partial charge on any atom is 2.00 e. The van der Waals surface area contributed by atoms with E-state index in [1.54, 1.807) is 6.20 Å². The summed E-state index contributed by atoms with van der Waals surface area (Å²) in [6.07, 6.45) is 3.66. The fourth-order valence-electron chi connectivity index (χ4n) is 6.07. The Hall–Kier alpha value is -5.19. The third kappa shape index (κ3) is 4.79. The van der Waals surface area contributed by atoms with Crippen molar-refractivity contribution in [2.45, 2.75) is 0 Å². The van der Waals surface area contributed by atoms with Crippen molar-refractivity contribution in [3.8, 4) is 57.0 Å². The summed E-state index contributed by atoms with van der Waals surface area (Å²) in [5.74, 6) is 4.01. The molecule has 7 aromatic rings. The molecule has 0 saturated heterocycles. The number of hydrogen-bond donors (Lipinski definition) is 0. The molecule has 0 spiro atoms. The van der Waals surface area contributed by atoms with Crippen molar-refractivity contribution < 1.29 is 35.3 Å². The van der Waals surface area contributed by atoms with Gasteiger partial charge in [0, 0.05) is 41.2 Å². The molecule has 0 N–H and O–H groups in total. The SMILES string of the molecule is [Pt+2].[c-]1c(Oc2cc(-c3ccccc3)ccn2)ccc2c1B1c3[c-]c(-c4cc5ccccc5cn4)ccc3Oc3cccc(c31)O2. The van der Waals surface area contributed by atoms with Crippen molar-refractivity contribution >= 4 is 33.9 Å². The quantitative estimate of drug-likeness (QED) is 0.142. The van der Waals surface area contributed by atoms with Crippen LogP contribution in [0, 0.1) is 12.1 Å². The van der Waals surface area contributed by atoms with Gasteiger partial charge in [-0.1, -0.05) is 66.7 Å². The van der Waals surface area contributed by atoms with E-state index in [1.165, 1.54) is 0 Å². The van der Waals surface area contributed by atoms with Gasteiger partial charge in [0.05, 0.1) is 0 Å². The molecule has 0 bridgehead atoms. The Kier molecular flexibility index (Phi) is 6.73. The van der Waals surface area contributed by atoms with Crippen LogP contribution in [0.15, 0.2) is 128 Å². The Bertz CT molecular complexity index is 2230. The minimum atomic E-state index is -0.221. The molecule has 0 radical (unpaired) electrons. The molecule has 2 aromatic heterocycles. The minimum Gasteiger partial charge on any atom is -0.518 e. The molecule has 0 fully saturated rings. The predicted octanol–water partition coefficient (Wildman–Crippen LogP) is 7.08. The van der Waals surface area contributed by atoms with Crippen LogP contribution in [0.3, 0.4) is 0 Å². The van der Waals surface area contributed by atoms with E-state index >= 15 is 0 Å². The summed E-state index contributed by atoms with van der Waals surface area (Å²) in [6, 6.07) is 45.3. The summed E-state index contributed by atoms with van der Waals surface area (Å²) in [7, 11) is 0. The van der Waals surface area contributed by atoms with Crippen LogP contribution < -0.4 is 30.6 Å². The molecule has 2 aliphatic heterocycles. The number of ether oxygens (including phenoxy) is 3. The van der Waals surface area contributed by atoms with Crippen LogP contribution in [0.1, 0.15) is 0 Å². The second kappa shape index (κ2) is 11.1. The topological polar surface area (TPSA) is 53.5 Å². The van der Waals surface area contributed by atoms with Gasteiger partial charge in [-0.25, -0.2) is 4.98 Å². The molecule has 5 aromatic carbocycles. The van der Waals surface area contributed by atoms with E-state index in [2.05, 4.69) is 47.4 Å². The summed E-state index contributed by atoms with van der Waals surface area (Å²) < 4.78 is 19.1. The van der Waals surface area contributed by atoms with E-state index in [0.29, 0.717) is 17.4 Å². The van der Waals surface area contributed by atoms with Crippen molar-refractivity contribution in [1.29, 1.82) is 0 Å². The first-order valence-electron chi connectivity index (χ1n) is 14.4. The van der Waals surface area contributed by atoms with Gasteiger partial charge in [0.1, 0.15) is 11.5 Å². The number of pyridine rings is 2. The van der Waals surface area contributed by atoms with Gasteiger partial charge in [0.25, 0.3) is 0 Å². The first-order valence-corrected chi connectivity index (χ1v) is 14.4. The standard InChI is InChI=1S/C38H21BN2O3.Pt/c1-2-7-24(8-3-1)26-17-18-40-37(21-26)42-29-14-16-34-31(22-29)39-30-19-27(32-20-25-9-4-5-10-28(25)23-41-32)13-15-33(30)43-35-11-6-12-36(44-34)38(35)39;/h1-18,20-21,23H;/q-2;+2. The fourth-order valence-corrected chi connectivity index (χ4v) is 6.07. The van der Waals surface area contributed by atoms with Crippen molar-refractivity contribution in [1.82, 2.24) is 9.97 Å². The summed E-state index contributed by atoms with van der Waals surface area (Å²) in [5, 5.41) is 2.23. The molecule has 0 atom stereocenters. The molecular weight excluding hydrogens is 738 g/mol. The van der Waals surface area contributed by atoms with Gasteiger partial charge < -0.3 is 19.2 Å². The Morgan fingerprint density at radius 2 is 1.33 bits per heavy atom. The first-order chi connectivity index (χ1) is 21.8. The van der Waals surface area contributed by atoms with E-state index in [4.69, 9.17) is 19.2 Å². The predicted molar refractivity (Wildman–Crippen MR) is 172 cm³/mol. The van der Waals surface area contributed by atoms with E-state index in [9.17, 15) is 0 Å². The maximum absolute atomic E-state index is 6.39. The van der Waals surface area contributed by atoms with Gasteiger partial charge in [-0.3, -0.25) is 0 Å². The van der Waals surface area contributed by atoms with Crippen LogP contribution in [-0.2, 0) is 21.1 Å². The number of aromatic nitrogens is 2. The van der Waals surface area contributed by atoms with Crippen LogP contribution >= 0.6 is 0 Å². The van der Waals surface area contributed by atoms with Gasteiger partial charge in [-0.2, -0.15) is 0 Å². The van der Waals surface area contributed by atoms with E-state index in [-0.39, 0.29) is 27.8 Å². The van der Waals surface area contributed by atoms with Crippen LogP contribution in [0.5, 0.6) is 34.6 Å². The average Bonchev–Trinajstić information content (AvgIpc) is 3.08. The zero-order valence-corrected chi connectivity index (χ0v) is 25.9. The van der Waals surface area contributed by atoms with Crippen LogP contribution in [0.2, 0.25) is 0 Å². The first kappa shape index (κ1) is 27.4. The van der Waals surface area contributed by atoms with Crippen molar-refractivity contribution in [2.24, 2.45) is 0 Å². The third-order valence-corrected chi connectivity index (χ3v) is 8.14. The molecule has 0 amide bonds. The maximum atomic E-state index is 6.39. The Morgan fingerprint density at radius 1 is 0.600 bits per heavy atom. The van der Waals surface area contributed by atoms with Gasteiger partial charge in [-0.05, 0) is 45.8 Å². The summed E-state index contributed by atoms with van der Waals surface area (Å²) >= 11 is 0. The number of nitrogens with zero attached hydrogens (tertiary/aromatic N) is 2. The molecule has 7 heteroatoms. The van der Waals surface area contributed by atoms with Gasteiger partial charge in [-0.15, -0.1) is 52.9 Å². The molecule has 0 unspecified atom stereocenters. The smallest absolute Gasteiger partial charge is 0.518 e. The summed E-state index contributed by atoms with van der Waals surface area (Å²) in [4.78, 5) is 9.22. The van der Waals surface area contributed by atoms with Crippen LogP contribution in [0.4, 0.5) is 0 Å².